The predicted molar refractivity (Wildman–Crippen MR) is 44.0 cm³/mol. The molecule has 0 atom stereocenters. The van der Waals surface area contributed by atoms with E-state index >= 15 is 0 Å². The number of carbonyl (C=O) groups is 2. The highest BCUT2D eigenvalue weighted by Gasteiger charge is 2.06. The van der Waals surface area contributed by atoms with Crippen LogP contribution < -0.4 is 5.73 Å². The Morgan fingerprint density at radius 1 is 1.58 bits per heavy atom. The van der Waals surface area contributed by atoms with Crippen LogP contribution in [0.15, 0.2) is 23.8 Å². The topological polar surface area (TPSA) is 69.4 Å². The highest BCUT2D eigenvalue weighted by atomic mass is 35.5. The first kappa shape index (κ1) is 10.7. The van der Waals surface area contributed by atoms with E-state index in [0.29, 0.717) is 0 Å². The molecule has 66 valence electrons. The SMILES string of the molecule is C=C(/C=C(\C)C(=O)OCl)C(N)=O. The summed E-state index contributed by atoms with van der Waals surface area (Å²) in [6.45, 7) is 4.74. The van der Waals surface area contributed by atoms with Crippen LogP contribution in [-0.4, -0.2) is 11.9 Å². The summed E-state index contributed by atoms with van der Waals surface area (Å²) in [6.07, 6.45) is 1.20. The molecule has 0 aliphatic heterocycles. The summed E-state index contributed by atoms with van der Waals surface area (Å²) < 4.78 is 3.86. The Bertz CT molecular complexity index is 257. The Morgan fingerprint density at radius 2 is 2.08 bits per heavy atom. The van der Waals surface area contributed by atoms with E-state index in [2.05, 4.69) is 10.9 Å². The lowest BCUT2D eigenvalue weighted by atomic mass is 10.2. The van der Waals surface area contributed by atoms with E-state index in [1.807, 2.05) is 0 Å². The van der Waals surface area contributed by atoms with Crippen molar-refractivity contribution in [2.24, 2.45) is 5.73 Å². The number of amides is 1. The van der Waals surface area contributed by atoms with Gasteiger partial charge in [-0.25, -0.2) is 4.79 Å². The molecule has 0 aromatic heterocycles. The minimum absolute atomic E-state index is 0.0227. The van der Waals surface area contributed by atoms with E-state index in [1.54, 1.807) is 0 Å². The van der Waals surface area contributed by atoms with Crippen molar-refractivity contribution in [3.05, 3.63) is 23.8 Å². The van der Waals surface area contributed by atoms with Crippen LogP contribution in [0.25, 0.3) is 0 Å². The van der Waals surface area contributed by atoms with E-state index in [4.69, 9.17) is 17.6 Å². The third-order valence-electron chi connectivity index (χ3n) is 1.10. The molecule has 0 aliphatic rings. The Balaban J connectivity index is 4.46. The van der Waals surface area contributed by atoms with Crippen LogP contribution in [0.5, 0.6) is 0 Å². The van der Waals surface area contributed by atoms with Gasteiger partial charge in [0.1, 0.15) is 11.9 Å². The van der Waals surface area contributed by atoms with E-state index in [1.165, 1.54) is 13.0 Å². The van der Waals surface area contributed by atoms with Crippen molar-refractivity contribution < 1.29 is 13.9 Å². The van der Waals surface area contributed by atoms with Crippen molar-refractivity contribution >= 4 is 23.7 Å². The quantitative estimate of drug-likeness (QED) is 0.524. The molecule has 0 saturated heterocycles. The van der Waals surface area contributed by atoms with Crippen LogP contribution in [-0.2, 0) is 13.9 Å². The lowest BCUT2D eigenvalue weighted by Gasteiger charge is -1.95. The van der Waals surface area contributed by atoms with Gasteiger partial charge in [-0.2, -0.15) is 0 Å². The highest BCUT2D eigenvalue weighted by Crippen LogP contribution is 2.02. The molecule has 0 radical (unpaired) electrons. The maximum Gasteiger partial charge on any atom is 0.351 e. The van der Waals surface area contributed by atoms with Crippen molar-refractivity contribution in [2.45, 2.75) is 6.92 Å². The molecule has 1 amide bonds. The zero-order chi connectivity index (χ0) is 9.72. The van der Waals surface area contributed by atoms with Crippen LogP contribution in [0.1, 0.15) is 6.92 Å². The second-order valence-corrected chi connectivity index (χ2v) is 2.24. The van der Waals surface area contributed by atoms with Gasteiger partial charge in [-0.15, -0.1) is 0 Å². The Kier molecular flexibility index (Phi) is 4.07. The van der Waals surface area contributed by atoms with Crippen molar-refractivity contribution in [1.29, 1.82) is 0 Å². The van der Waals surface area contributed by atoms with Gasteiger partial charge >= 0.3 is 5.97 Å². The summed E-state index contributed by atoms with van der Waals surface area (Å²) in [4.78, 5) is 21.1. The largest absolute Gasteiger partial charge is 0.366 e. The van der Waals surface area contributed by atoms with Gasteiger partial charge < -0.3 is 10.0 Å². The average molecular weight is 190 g/mol. The van der Waals surface area contributed by atoms with E-state index in [0.717, 1.165) is 0 Å². The van der Waals surface area contributed by atoms with Gasteiger partial charge in [-0.05, 0) is 13.0 Å². The van der Waals surface area contributed by atoms with Crippen molar-refractivity contribution in [2.75, 3.05) is 0 Å². The second kappa shape index (κ2) is 4.56. The maximum absolute atomic E-state index is 10.7. The number of halogens is 1. The molecule has 0 heterocycles. The summed E-state index contributed by atoms with van der Waals surface area (Å²) >= 11 is 4.77. The molecule has 0 fully saturated rings. The van der Waals surface area contributed by atoms with Gasteiger partial charge in [0.15, 0.2) is 0 Å². The van der Waals surface area contributed by atoms with Crippen LogP contribution in [0.3, 0.4) is 0 Å². The summed E-state index contributed by atoms with van der Waals surface area (Å²) in [7, 11) is 0. The molecular weight excluding hydrogens is 182 g/mol. The van der Waals surface area contributed by atoms with Gasteiger partial charge in [0, 0.05) is 11.1 Å². The minimum Gasteiger partial charge on any atom is -0.366 e. The number of hydrogen-bond acceptors (Lipinski definition) is 3. The Labute approximate surface area is 74.8 Å². The Morgan fingerprint density at radius 3 is 2.42 bits per heavy atom. The minimum atomic E-state index is -0.737. The Hall–Kier alpha value is -1.29. The molecular formula is C7H8ClNO3. The van der Waals surface area contributed by atoms with Crippen LogP contribution >= 0.6 is 11.9 Å². The monoisotopic (exact) mass is 189 g/mol. The smallest absolute Gasteiger partial charge is 0.351 e. The fourth-order valence-corrected chi connectivity index (χ4v) is 0.574. The summed E-state index contributed by atoms with van der Waals surface area (Å²) in [5.41, 5.74) is 5.04. The van der Waals surface area contributed by atoms with Crippen LogP contribution in [0, 0.1) is 0 Å². The maximum atomic E-state index is 10.7. The number of nitrogens with two attached hydrogens (primary N) is 1. The van der Waals surface area contributed by atoms with E-state index in [-0.39, 0.29) is 11.1 Å². The number of hydrogen-bond donors (Lipinski definition) is 1. The summed E-state index contributed by atoms with van der Waals surface area (Å²) in [5.74, 6) is -1.43. The van der Waals surface area contributed by atoms with Crippen LogP contribution in [0.2, 0.25) is 0 Å². The first-order chi connectivity index (χ1) is 5.49. The fraction of sp³-hybridized carbons (Fsp3) is 0.143. The molecule has 12 heavy (non-hydrogen) atoms. The van der Waals surface area contributed by atoms with Gasteiger partial charge in [0.25, 0.3) is 0 Å². The lowest BCUT2D eigenvalue weighted by molar-refractivity contribution is -0.129. The standard InChI is InChI=1S/C7H8ClNO3/c1-4(6(9)10)3-5(2)7(11)12-8/h3H,1H2,2H3,(H2,9,10)/b5-3+. The third kappa shape index (κ3) is 3.21. The fourth-order valence-electron chi connectivity index (χ4n) is 0.452. The van der Waals surface area contributed by atoms with E-state index in [9.17, 15) is 9.59 Å². The molecule has 4 nitrogen and oxygen atoms in total. The van der Waals surface area contributed by atoms with Crippen molar-refractivity contribution in [3.8, 4) is 0 Å². The molecule has 0 rings (SSSR count). The first-order valence-electron chi connectivity index (χ1n) is 2.99. The summed E-state index contributed by atoms with van der Waals surface area (Å²) in [6, 6.07) is 0. The molecule has 0 aromatic rings. The molecule has 0 unspecified atom stereocenters. The molecule has 0 saturated carbocycles. The van der Waals surface area contributed by atoms with Gasteiger partial charge in [0.05, 0.1) is 0 Å². The second-order valence-electron chi connectivity index (χ2n) is 2.08. The number of primary amides is 1. The highest BCUT2D eigenvalue weighted by molar-refractivity contribution is 6.15. The molecule has 2 N–H and O–H groups in total. The third-order valence-corrected chi connectivity index (χ3v) is 1.24. The van der Waals surface area contributed by atoms with Gasteiger partial charge in [0.2, 0.25) is 5.91 Å². The lowest BCUT2D eigenvalue weighted by Crippen LogP contribution is -2.12. The zero-order valence-corrected chi connectivity index (χ0v) is 7.22. The molecule has 0 bridgehead atoms. The van der Waals surface area contributed by atoms with Gasteiger partial charge in [-0.3, -0.25) is 4.79 Å². The zero-order valence-electron chi connectivity index (χ0n) is 6.46. The number of rotatable bonds is 3. The normalized spacial score (nSPS) is 10.7. The molecule has 0 spiro atoms. The molecule has 0 aromatic carbocycles. The van der Waals surface area contributed by atoms with E-state index < -0.39 is 11.9 Å². The van der Waals surface area contributed by atoms with Crippen LogP contribution in [0.4, 0.5) is 0 Å². The molecule has 5 heteroatoms. The molecule has 0 aliphatic carbocycles. The van der Waals surface area contributed by atoms with Crippen molar-refractivity contribution in [1.82, 2.24) is 0 Å². The average Bonchev–Trinajstić information content (AvgIpc) is 2.02. The van der Waals surface area contributed by atoms with Gasteiger partial charge in [-0.1, -0.05) is 6.58 Å². The predicted octanol–water partition coefficient (Wildman–Crippen LogP) is 0.671. The van der Waals surface area contributed by atoms with Crippen molar-refractivity contribution in [3.63, 3.8) is 0 Å². The first-order valence-corrected chi connectivity index (χ1v) is 3.29. The summed E-state index contributed by atoms with van der Waals surface area (Å²) in [5, 5.41) is 0. The number of carbonyl (C=O) groups excluding carboxylic acids is 2.